The lowest BCUT2D eigenvalue weighted by Crippen LogP contribution is -2.32. The van der Waals surface area contributed by atoms with Crippen molar-refractivity contribution in [3.05, 3.63) is 94.2 Å². The van der Waals surface area contributed by atoms with Crippen molar-refractivity contribution >= 4 is 5.91 Å². The normalized spacial score (nSPS) is 14.6. The van der Waals surface area contributed by atoms with Crippen molar-refractivity contribution in [3.63, 3.8) is 0 Å². The Morgan fingerprint density at radius 2 is 1.82 bits per heavy atom. The molecular weight excluding hydrogens is 482 g/mol. The van der Waals surface area contributed by atoms with Gasteiger partial charge in [0.1, 0.15) is 23.7 Å². The van der Waals surface area contributed by atoms with Gasteiger partial charge in [0.25, 0.3) is 5.91 Å². The van der Waals surface area contributed by atoms with E-state index < -0.39 is 6.04 Å². The highest BCUT2D eigenvalue weighted by Crippen LogP contribution is 2.46. The zero-order chi connectivity index (χ0) is 26.8. The number of carbonyl (C=O) groups excluding carboxylic acids is 1. The average Bonchev–Trinajstić information content (AvgIpc) is 3.45. The molecule has 1 aromatic heterocycles. The number of amides is 1. The molecule has 0 aliphatic carbocycles. The first-order valence-corrected chi connectivity index (χ1v) is 12.7. The molecule has 1 aliphatic heterocycles. The number of ether oxygens (including phenoxy) is 2. The van der Waals surface area contributed by atoms with Gasteiger partial charge in [-0.3, -0.25) is 9.89 Å². The third-order valence-electron chi connectivity index (χ3n) is 6.73. The molecule has 0 radical (unpaired) electrons. The van der Waals surface area contributed by atoms with E-state index >= 15 is 0 Å². The Morgan fingerprint density at radius 1 is 1.03 bits per heavy atom. The van der Waals surface area contributed by atoms with Crippen LogP contribution in [-0.4, -0.2) is 51.0 Å². The van der Waals surface area contributed by atoms with Gasteiger partial charge in [-0.2, -0.15) is 5.10 Å². The first kappa shape index (κ1) is 25.4. The molecular formula is C30H31N3O5. The van der Waals surface area contributed by atoms with Gasteiger partial charge in [0.15, 0.2) is 11.5 Å². The number of aromatic amines is 1. The topological polar surface area (TPSA) is 108 Å². The molecule has 0 saturated carbocycles. The number of aliphatic hydroxyl groups excluding tert-OH is 1. The number of benzene rings is 3. The molecule has 1 atom stereocenters. The number of aromatic nitrogens is 2. The molecule has 1 amide bonds. The van der Waals surface area contributed by atoms with Crippen molar-refractivity contribution in [1.29, 1.82) is 0 Å². The van der Waals surface area contributed by atoms with Crippen molar-refractivity contribution in [2.75, 3.05) is 19.8 Å². The zero-order valence-electron chi connectivity index (χ0n) is 21.7. The SMILES string of the molecule is CCOc1cc(C2c3c(-c4cc(C)cc(C)c4O)n[nH]c3C(=O)N2CCO)ccc1OCc1ccccc1. The van der Waals surface area contributed by atoms with E-state index in [1.807, 2.05) is 81.4 Å². The minimum Gasteiger partial charge on any atom is -0.507 e. The Labute approximate surface area is 221 Å². The largest absolute Gasteiger partial charge is 0.507 e. The molecule has 0 spiro atoms. The van der Waals surface area contributed by atoms with Crippen LogP contribution in [0.4, 0.5) is 0 Å². The first-order valence-electron chi connectivity index (χ1n) is 12.7. The van der Waals surface area contributed by atoms with Crippen LogP contribution in [0.2, 0.25) is 0 Å². The molecule has 8 heteroatoms. The van der Waals surface area contributed by atoms with Gasteiger partial charge in [-0.1, -0.05) is 42.5 Å². The molecule has 4 aromatic rings. The summed E-state index contributed by atoms with van der Waals surface area (Å²) in [5.74, 6) is 1.02. The lowest BCUT2D eigenvalue weighted by atomic mass is 9.94. The number of phenolic OH excluding ortho intramolecular Hbond substituents is 1. The second-order valence-electron chi connectivity index (χ2n) is 9.38. The van der Waals surface area contributed by atoms with Crippen molar-refractivity contribution < 1.29 is 24.5 Å². The Balaban J connectivity index is 1.59. The third-order valence-corrected chi connectivity index (χ3v) is 6.73. The number of aliphatic hydroxyl groups is 1. The molecule has 3 N–H and O–H groups in total. The zero-order valence-corrected chi connectivity index (χ0v) is 21.7. The molecule has 38 heavy (non-hydrogen) atoms. The van der Waals surface area contributed by atoms with Gasteiger partial charge < -0.3 is 24.6 Å². The van der Waals surface area contributed by atoms with Gasteiger partial charge in [-0.25, -0.2) is 0 Å². The summed E-state index contributed by atoms with van der Waals surface area (Å²) in [5.41, 5.74) is 5.58. The maximum Gasteiger partial charge on any atom is 0.273 e. The van der Waals surface area contributed by atoms with E-state index in [1.54, 1.807) is 4.90 Å². The van der Waals surface area contributed by atoms with Gasteiger partial charge in [-0.15, -0.1) is 0 Å². The molecule has 5 rings (SSSR count). The van der Waals surface area contributed by atoms with Crippen LogP contribution >= 0.6 is 0 Å². The highest BCUT2D eigenvalue weighted by molar-refractivity contribution is 6.00. The number of nitrogens with zero attached hydrogens (tertiary/aromatic N) is 2. The molecule has 8 nitrogen and oxygen atoms in total. The van der Waals surface area contributed by atoms with Gasteiger partial charge in [0.05, 0.1) is 19.3 Å². The number of H-pyrrole nitrogens is 1. The van der Waals surface area contributed by atoms with E-state index in [4.69, 9.17) is 9.47 Å². The molecule has 1 aliphatic rings. The van der Waals surface area contributed by atoms with E-state index in [9.17, 15) is 15.0 Å². The summed E-state index contributed by atoms with van der Waals surface area (Å²) in [6, 6.07) is 18.7. The highest BCUT2D eigenvalue weighted by Gasteiger charge is 2.42. The van der Waals surface area contributed by atoms with Crippen LogP contribution in [0.25, 0.3) is 11.3 Å². The molecule has 196 valence electrons. The summed E-state index contributed by atoms with van der Waals surface area (Å²) in [5, 5.41) is 28.0. The predicted octanol–water partition coefficient (Wildman–Crippen LogP) is 4.91. The number of phenols is 1. The highest BCUT2D eigenvalue weighted by atomic mass is 16.5. The fourth-order valence-electron chi connectivity index (χ4n) is 5.04. The number of hydrogen-bond donors (Lipinski definition) is 3. The molecule has 0 bridgehead atoms. The van der Waals surface area contributed by atoms with E-state index in [2.05, 4.69) is 10.2 Å². The second kappa shape index (κ2) is 10.6. The summed E-state index contributed by atoms with van der Waals surface area (Å²) >= 11 is 0. The van der Waals surface area contributed by atoms with Crippen LogP contribution < -0.4 is 9.47 Å². The summed E-state index contributed by atoms with van der Waals surface area (Å²) in [7, 11) is 0. The second-order valence-corrected chi connectivity index (χ2v) is 9.38. The molecule has 0 fully saturated rings. The van der Waals surface area contributed by atoms with Gasteiger partial charge in [0, 0.05) is 17.7 Å². The quantitative estimate of drug-likeness (QED) is 0.293. The minimum absolute atomic E-state index is 0.122. The number of nitrogens with one attached hydrogen (secondary N) is 1. The fraction of sp³-hybridized carbons (Fsp3) is 0.267. The molecule has 0 saturated heterocycles. The van der Waals surface area contributed by atoms with E-state index in [-0.39, 0.29) is 24.8 Å². The lowest BCUT2D eigenvalue weighted by Gasteiger charge is -2.26. The van der Waals surface area contributed by atoms with Crippen molar-refractivity contribution in [2.24, 2.45) is 0 Å². The first-order chi connectivity index (χ1) is 18.4. The van der Waals surface area contributed by atoms with E-state index in [1.165, 1.54) is 0 Å². The smallest absolute Gasteiger partial charge is 0.273 e. The van der Waals surface area contributed by atoms with E-state index in [0.29, 0.717) is 47.2 Å². The number of β-amino-alcohol motifs (C(OH)–C–C–N with tert-alkyl or cyclic N) is 1. The standard InChI is InChI=1S/C30H31N3O5/c1-4-37-24-16-21(10-11-23(24)38-17-20-8-6-5-7-9-20)28-25-26(22-15-18(2)14-19(3)29(22)35)31-32-27(25)30(36)33(28)12-13-34/h5-11,14-16,28,34-35H,4,12-13,17H2,1-3H3,(H,31,32). The maximum absolute atomic E-state index is 13.4. The average molecular weight is 514 g/mol. The Kier molecular flexibility index (Phi) is 7.07. The monoisotopic (exact) mass is 513 g/mol. The van der Waals surface area contributed by atoms with Gasteiger partial charge in [0.2, 0.25) is 0 Å². The van der Waals surface area contributed by atoms with Crippen molar-refractivity contribution in [1.82, 2.24) is 15.1 Å². The van der Waals surface area contributed by atoms with Crippen molar-refractivity contribution in [3.8, 4) is 28.5 Å². The molecule has 3 aromatic carbocycles. The van der Waals surface area contributed by atoms with Gasteiger partial charge >= 0.3 is 0 Å². The Bertz CT molecular complexity index is 1460. The number of fused-ring (bicyclic) bond motifs is 1. The Hall–Kier alpha value is -4.30. The van der Waals surface area contributed by atoms with Crippen LogP contribution in [0.15, 0.2) is 60.7 Å². The third kappa shape index (κ3) is 4.59. The van der Waals surface area contributed by atoms with Crippen LogP contribution in [-0.2, 0) is 6.61 Å². The number of hydrogen-bond acceptors (Lipinski definition) is 6. The van der Waals surface area contributed by atoms with Crippen LogP contribution in [0.1, 0.15) is 51.3 Å². The number of carbonyl (C=O) groups is 1. The van der Waals surface area contributed by atoms with Crippen LogP contribution in [0.5, 0.6) is 17.2 Å². The van der Waals surface area contributed by atoms with Crippen LogP contribution in [0.3, 0.4) is 0 Å². The summed E-state index contributed by atoms with van der Waals surface area (Å²) < 4.78 is 12.0. The predicted molar refractivity (Wildman–Crippen MR) is 144 cm³/mol. The Morgan fingerprint density at radius 3 is 2.55 bits per heavy atom. The summed E-state index contributed by atoms with van der Waals surface area (Å²) in [4.78, 5) is 15.0. The number of aryl methyl sites for hydroxylation is 2. The van der Waals surface area contributed by atoms with E-state index in [0.717, 1.165) is 22.3 Å². The fourth-order valence-corrected chi connectivity index (χ4v) is 5.04. The minimum atomic E-state index is -0.541. The molecule has 1 unspecified atom stereocenters. The van der Waals surface area contributed by atoms with Gasteiger partial charge in [-0.05, 0) is 61.2 Å². The molecule has 2 heterocycles. The van der Waals surface area contributed by atoms with Crippen molar-refractivity contribution in [2.45, 2.75) is 33.4 Å². The summed E-state index contributed by atoms with van der Waals surface area (Å²) in [6.07, 6.45) is 0. The number of aromatic hydroxyl groups is 1. The lowest BCUT2D eigenvalue weighted by molar-refractivity contribution is 0.0706. The van der Waals surface area contributed by atoms with Crippen LogP contribution in [0, 0.1) is 13.8 Å². The summed E-state index contributed by atoms with van der Waals surface area (Å²) in [6.45, 7) is 6.46. The maximum atomic E-state index is 13.4. The number of rotatable bonds is 9.